The molecule has 2 aliphatic heterocycles. The molecule has 2 unspecified atom stereocenters. The molecule has 1 saturated heterocycles. The second-order valence-electron chi connectivity index (χ2n) is 8.08. The number of hydrogen-bond donors (Lipinski definition) is 1. The average Bonchev–Trinajstić information content (AvgIpc) is 3.40. The van der Waals surface area contributed by atoms with E-state index in [2.05, 4.69) is 9.88 Å². The van der Waals surface area contributed by atoms with Crippen LogP contribution in [-0.4, -0.2) is 40.5 Å². The summed E-state index contributed by atoms with van der Waals surface area (Å²) in [6.45, 7) is 1.67. The first-order valence-corrected chi connectivity index (χ1v) is 11.3. The maximum atomic E-state index is 13.4. The third kappa shape index (κ3) is 3.85. The number of aromatic nitrogens is 1. The molecule has 3 amide bonds. The highest BCUT2D eigenvalue weighted by atomic mass is 35.5. The van der Waals surface area contributed by atoms with Crippen LogP contribution in [0.2, 0.25) is 10.0 Å². The number of halogens is 2. The fourth-order valence-electron chi connectivity index (χ4n) is 4.57. The third-order valence-corrected chi connectivity index (χ3v) is 6.64. The molecule has 3 aromatic rings. The second kappa shape index (κ2) is 8.52. The number of para-hydroxylation sites is 1. The summed E-state index contributed by atoms with van der Waals surface area (Å²) in [7, 11) is 0. The van der Waals surface area contributed by atoms with Gasteiger partial charge in [-0.15, -0.1) is 0 Å². The Hall–Kier alpha value is -2.96. The van der Waals surface area contributed by atoms with Gasteiger partial charge in [-0.2, -0.15) is 0 Å². The Balaban J connectivity index is 1.38. The number of urea groups is 1. The van der Waals surface area contributed by atoms with E-state index in [0.717, 1.165) is 16.9 Å². The lowest BCUT2D eigenvalue weighted by Gasteiger charge is -2.38. The van der Waals surface area contributed by atoms with Crippen LogP contribution in [0.1, 0.15) is 23.7 Å². The topological polar surface area (TPSA) is 57.6 Å². The minimum Gasteiger partial charge on any atom is -0.348 e. The lowest BCUT2D eigenvalue weighted by molar-refractivity contribution is -0.117. The van der Waals surface area contributed by atoms with Crippen LogP contribution in [-0.2, 0) is 11.3 Å². The average molecular weight is 469 g/mol. The Morgan fingerprint density at radius 2 is 1.81 bits per heavy atom. The van der Waals surface area contributed by atoms with E-state index in [4.69, 9.17) is 23.2 Å². The second-order valence-corrected chi connectivity index (χ2v) is 8.92. The standard InChI is InChI=1S/C24H22Cl2N4O2/c25-16-8-9-19(20(26)13-16)23-21-7-4-10-28(21)11-12-29(23)24(32)27-17-14-22(31)30(15-17)18-5-2-1-3-6-18/h1-10,13,17,23H,11-12,14-15H2,(H,27,32). The molecule has 32 heavy (non-hydrogen) atoms. The molecule has 0 bridgehead atoms. The van der Waals surface area contributed by atoms with Crippen LogP contribution in [0.4, 0.5) is 10.5 Å². The van der Waals surface area contributed by atoms with Gasteiger partial charge in [0.25, 0.3) is 0 Å². The predicted molar refractivity (Wildman–Crippen MR) is 125 cm³/mol. The van der Waals surface area contributed by atoms with Crippen molar-refractivity contribution < 1.29 is 9.59 Å². The number of nitrogens with zero attached hydrogens (tertiary/aromatic N) is 3. The maximum absolute atomic E-state index is 13.4. The van der Waals surface area contributed by atoms with Gasteiger partial charge in [0.05, 0.1) is 6.04 Å². The predicted octanol–water partition coefficient (Wildman–Crippen LogP) is 4.72. The van der Waals surface area contributed by atoms with Gasteiger partial charge in [0.1, 0.15) is 6.04 Å². The molecular formula is C24H22Cl2N4O2. The highest BCUT2D eigenvalue weighted by Crippen LogP contribution is 2.37. The van der Waals surface area contributed by atoms with Gasteiger partial charge in [0.15, 0.2) is 0 Å². The first-order chi connectivity index (χ1) is 15.5. The van der Waals surface area contributed by atoms with Crippen molar-refractivity contribution in [2.24, 2.45) is 0 Å². The Kier molecular flexibility index (Phi) is 5.57. The summed E-state index contributed by atoms with van der Waals surface area (Å²) in [5, 5.41) is 4.14. The van der Waals surface area contributed by atoms with Crippen molar-refractivity contribution in [2.45, 2.75) is 25.0 Å². The summed E-state index contributed by atoms with van der Waals surface area (Å²) in [5.74, 6) is 0.00585. The highest BCUT2D eigenvalue weighted by molar-refractivity contribution is 6.35. The van der Waals surface area contributed by atoms with Crippen molar-refractivity contribution in [1.29, 1.82) is 0 Å². The Morgan fingerprint density at radius 1 is 1.00 bits per heavy atom. The van der Waals surface area contributed by atoms with E-state index in [1.807, 2.05) is 54.7 Å². The van der Waals surface area contributed by atoms with Gasteiger partial charge >= 0.3 is 6.03 Å². The van der Waals surface area contributed by atoms with Crippen LogP contribution >= 0.6 is 23.2 Å². The molecule has 2 atom stereocenters. The van der Waals surface area contributed by atoms with E-state index in [0.29, 0.717) is 29.7 Å². The summed E-state index contributed by atoms with van der Waals surface area (Å²) in [4.78, 5) is 29.5. The Morgan fingerprint density at radius 3 is 2.59 bits per heavy atom. The number of anilines is 1. The molecule has 164 valence electrons. The van der Waals surface area contributed by atoms with Gasteiger partial charge in [-0.05, 0) is 42.0 Å². The molecule has 1 N–H and O–H groups in total. The molecule has 2 aliphatic rings. The summed E-state index contributed by atoms with van der Waals surface area (Å²) >= 11 is 12.6. The minimum atomic E-state index is -0.342. The van der Waals surface area contributed by atoms with Crippen molar-refractivity contribution in [2.75, 3.05) is 18.0 Å². The zero-order chi connectivity index (χ0) is 22.2. The van der Waals surface area contributed by atoms with Gasteiger partial charge in [-0.1, -0.05) is 47.5 Å². The molecule has 6 nitrogen and oxygen atoms in total. The summed E-state index contributed by atoms with van der Waals surface area (Å²) in [6, 6.07) is 18.0. The summed E-state index contributed by atoms with van der Waals surface area (Å²) < 4.78 is 2.13. The molecule has 2 aromatic carbocycles. The van der Waals surface area contributed by atoms with Crippen molar-refractivity contribution in [3.8, 4) is 0 Å². The van der Waals surface area contributed by atoms with E-state index in [-0.39, 0.29) is 30.4 Å². The molecule has 0 radical (unpaired) electrons. The minimum absolute atomic E-state index is 0.00585. The largest absolute Gasteiger partial charge is 0.348 e. The number of hydrogen-bond acceptors (Lipinski definition) is 2. The number of fused-ring (bicyclic) bond motifs is 1. The number of carbonyl (C=O) groups excluding carboxylic acids is 2. The zero-order valence-corrected chi connectivity index (χ0v) is 18.8. The SMILES string of the molecule is O=C1CC(NC(=O)N2CCn3cccc3C2c2ccc(Cl)cc2Cl)CN1c1ccccc1. The van der Waals surface area contributed by atoms with Crippen molar-refractivity contribution >= 4 is 40.8 Å². The van der Waals surface area contributed by atoms with Crippen molar-refractivity contribution in [1.82, 2.24) is 14.8 Å². The van der Waals surface area contributed by atoms with Crippen LogP contribution in [0.3, 0.4) is 0 Å². The quantitative estimate of drug-likeness (QED) is 0.604. The van der Waals surface area contributed by atoms with Gasteiger partial charge in [-0.3, -0.25) is 4.79 Å². The summed E-state index contributed by atoms with van der Waals surface area (Å²) in [5.41, 5.74) is 2.65. The lowest BCUT2D eigenvalue weighted by Crippen LogP contribution is -2.50. The van der Waals surface area contributed by atoms with E-state index >= 15 is 0 Å². The molecule has 5 rings (SSSR count). The fourth-order valence-corrected chi connectivity index (χ4v) is 5.08. The van der Waals surface area contributed by atoms with Crippen LogP contribution in [0.25, 0.3) is 0 Å². The van der Waals surface area contributed by atoms with Gasteiger partial charge in [-0.25, -0.2) is 4.79 Å². The van der Waals surface area contributed by atoms with Crippen LogP contribution in [0.15, 0.2) is 66.9 Å². The number of rotatable bonds is 3. The number of carbonyl (C=O) groups is 2. The molecule has 8 heteroatoms. The molecule has 0 saturated carbocycles. The Bertz CT molecular complexity index is 1160. The van der Waals surface area contributed by atoms with Gasteiger partial charge in [0, 0.05) is 53.7 Å². The maximum Gasteiger partial charge on any atom is 0.318 e. The lowest BCUT2D eigenvalue weighted by atomic mass is 10.00. The normalized spacial score (nSPS) is 20.4. The zero-order valence-electron chi connectivity index (χ0n) is 17.2. The van der Waals surface area contributed by atoms with E-state index in [1.165, 1.54) is 0 Å². The molecular weight excluding hydrogens is 447 g/mol. The van der Waals surface area contributed by atoms with Crippen molar-refractivity contribution in [3.05, 3.63) is 88.2 Å². The Labute approximate surface area is 196 Å². The number of benzene rings is 2. The first-order valence-electron chi connectivity index (χ1n) is 10.5. The highest BCUT2D eigenvalue weighted by Gasteiger charge is 2.37. The van der Waals surface area contributed by atoms with Crippen LogP contribution in [0.5, 0.6) is 0 Å². The molecule has 1 fully saturated rings. The van der Waals surface area contributed by atoms with E-state index in [1.54, 1.807) is 21.9 Å². The van der Waals surface area contributed by atoms with E-state index < -0.39 is 0 Å². The molecule has 3 heterocycles. The first kappa shape index (κ1) is 20.9. The van der Waals surface area contributed by atoms with Gasteiger partial charge < -0.3 is 19.7 Å². The fraction of sp³-hybridized carbons (Fsp3) is 0.250. The van der Waals surface area contributed by atoms with Gasteiger partial charge in [0.2, 0.25) is 5.91 Å². The summed E-state index contributed by atoms with van der Waals surface area (Å²) in [6.07, 6.45) is 2.28. The van der Waals surface area contributed by atoms with Crippen LogP contribution < -0.4 is 10.2 Å². The smallest absolute Gasteiger partial charge is 0.318 e. The van der Waals surface area contributed by atoms with Crippen molar-refractivity contribution in [3.63, 3.8) is 0 Å². The molecule has 0 spiro atoms. The molecule has 1 aromatic heterocycles. The van der Waals surface area contributed by atoms with Crippen LogP contribution in [0, 0.1) is 0 Å². The number of amides is 3. The molecule has 0 aliphatic carbocycles. The third-order valence-electron chi connectivity index (χ3n) is 6.08. The monoisotopic (exact) mass is 468 g/mol. The van der Waals surface area contributed by atoms with E-state index in [9.17, 15) is 9.59 Å². The number of nitrogens with one attached hydrogen (secondary N) is 1.